The first-order chi connectivity index (χ1) is 14.2. The molecule has 0 spiro atoms. The van der Waals surface area contributed by atoms with Gasteiger partial charge >= 0.3 is 0 Å². The molecule has 0 radical (unpaired) electrons. The van der Waals surface area contributed by atoms with Crippen LogP contribution in [0.1, 0.15) is 41.7 Å². The molecule has 2 heterocycles. The molecule has 5 rings (SSSR count). The largest absolute Gasteiger partial charge is 0.342 e. The lowest BCUT2D eigenvalue weighted by atomic mass is 10.1. The average molecular weight is 384 g/mol. The number of amides is 1. The monoisotopic (exact) mass is 384 g/mol. The van der Waals surface area contributed by atoms with Crippen LogP contribution in [0.15, 0.2) is 73.1 Å². The first-order valence-electron chi connectivity index (χ1n) is 10.2. The summed E-state index contributed by atoms with van der Waals surface area (Å²) in [5, 5.41) is 8.49. The molecule has 1 fully saturated rings. The molecule has 1 atom stereocenters. The molecule has 0 bridgehead atoms. The first-order valence-corrected chi connectivity index (χ1v) is 10.2. The zero-order valence-corrected chi connectivity index (χ0v) is 16.5. The lowest BCUT2D eigenvalue weighted by Gasteiger charge is -2.15. The van der Waals surface area contributed by atoms with E-state index in [0.717, 1.165) is 23.3 Å². The van der Waals surface area contributed by atoms with Crippen molar-refractivity contribution in [1.29, 1.82) is 0 Å². The predicted molar refractivity (Wildman–Crippen MR) is 115 cm³/mol. The molecule has 1 saturated carbocycles. The zero-order chi connectivity index (χ0) is 19.8. The van der Waals surface area contributed by atoms with Crippen LogP contribution in [0.5, 0.6) is 0 Å². The quantitative estimate of drug-likeness (QED) is 0.502. The van der Waals surface area contributed by atoms with Crippen molar-refractivity contribution in [2.45, 2.75) is 32.4 Å². The molecule has 1 amide bonds. The Morgan fingerprint density at radius 3 is 2.66 bits per heavy atom. The van der Waals surface area contributed by atoms with E-state index in [-0.39, 0.29) is 5.91 Å². The number of fused-ring (bicyclic) bond motifs is 1. The van der Waals surface area contributed by atoms with Crippen molar-refractivity contribution < 1.29 is 4.79 Å². The summed E-state index contributed by atoms with van der Waals surface area (Å²) >= 11 is 0. The van der Waals surface area contributed by atoms with Gasteiger partial charge in [-0.05, 0) is 37.3 Å². The van der Waals surface area contributed by atoms with Crippen LogP contribution in [-0.2, 0) is 6.54 Å². The summed E-state index contributed by atoms with van der Waals surface area (Å²) < 4.78 is 4.09. The molecule has 5 nitrogen and oxygen atoms in total. The summed E-state index contributed by atoms with van der Waals surface area (Å²) in [6.07, 6.45) is 6.19. The molecular weight excluding hydrogens is 360 g/mol. The maximum Gasteiger partial charge on any atom is 0.258 e. The van der Waals surface area contributed by atoms with E-state index in [2.05, 4.69) is 40.1 Å². The number of nitrogens with one attached hydrogen (secondary N) is 1. The number of hydrogen-bond acceptors (Lipinski definition) is 2. The molecule has 29 heavy (non-hydrogen) atoms. The highest BCUT2D eigenvalue weighted by atomic mass is 16.1. The van der Waals surface area contributed by atoms with Gasteiger partial charge in [-0.2, -0.15) is 5.10 Å². The molecule has 2 aromatic heterocycles. The summed E-state index contributed by atoms with van der Waals surface area (Å²) in [5.41, 5.74) is 2.95. The Hall–Kier alpha value is -3.34. The van der Waals surface area contributed by atoms with E-state index in [1.807, 2.05) is 53.3 Å². The van der Waals surface area contributed by atoms with Crippen molar-refractivity contribution in [3.05, 3.63) is 84.2 Å². The maximum absolute atomic E-state index is 13.2. The second-order valence-corrected chi connectivity index (χ2v) is 7.87. The van der Waals surface area contributed by atoms with E-state index >= 15 is 0 Å². The minimum Gasteiger partial charge on any atom is -0.342 e. The SMILES string of the molecule is CC(C1CC1)n1nccc1NC(=O)c1cn(Cc2ccccc2)c2ccccc12. The van der Waals surface area contributed by atoms with Gasteiger partial charge in [-0.1, -0.05) is 48.5 Å². The Bertz CT molecular complexity index is 1150. The Kier molecular flexibility index (Phi) is 4.43. The summed E-state index contributed by atoms with van der Waals surface area (Å²) in [6.45, 7) is 2.90. The number of hydrogen-bond donors (Lipinski definition) is 1. The fourth-order valence-electron chi connectivity index (χ4n) is 4.04. The summed E-state index contributed by atoms with van der Waals surface area (Å²) in [7, 11) is 0. The lowest BCUT2D eigenvalue weighted by molar-refractivity contribution is 0.102. The minimum absolute atomic E-state index is 0.0993. The number of nitrogens with zero attached hydrogens (tertiary/aromatic N) is 3. The smallest absolute Gasteiger partial charge is 0.258 e. The van der Waals surface area contributed by atoms with E-state index < -0.39 is 0 Å². The molecule has 1 unspecified atom stereocenters. The fraction of sp³-hybridized carbons (Fsp3) is 0.250. The molecule has 0 aliphatic heterocycles. The van der Waals surface area contributed by atoms with E-state index in [1.165, 1.54) is 18.4 Å². The molecule has 0 saturated heterocycles. The van der Waals surface area contributed by atoms with Crippen LogP contribution in [0.2, 0.25) is 0 Å². The zero-order valence-electron chi connectivity index (χ0n) is 16.5. The number of carbonyl (C=O) groups excluding carboxylic acids is 1. The number of benzene rings is 2. The van der Waals surface area contributed by atoms with Gasteiger partial charge in [0.1, 0.15) is 5.82 Å². The predicted octanol–water partition coefficient (Wildman–Crippen LogP) is 5.11. The minimum atomic E-state index is -0.0993. The highest BCUT2D eigenvalue weighted by molar-refractivity contribution is 6.12. The molecule has 1 N–H and O–H groups in total. The normalized spacial score (nSPS) is 14.8. The van der Waals surface area contributed by atoms with E-state index in [1.54, 1.807) is 6.20 Å². The molecule has 1 aliphatic carbocycles. The van der Waals surface area contributed by atoms with E-state index in [9.17, 15) is 4.79 Å². The van der Waals surface area contributed by atoms with Crippen LogP contribution >= 0.6 is 0 Å². The Labute approximate surface area is 170 Å². The Morgan fingerprint density at radius 2 is 1.86 bits per heavy atom. The molecule has 1 aliphatic rings. The van der Waals surface area contributed by atoms with Gasteiger partial charge in [0, 0.05) is 29.7 Å². The van der Waals surface area contributed by atoms with E-state index in [4.69, 9.17) is 0 Å². The van der Waals surface area contributed by atoms with Gasteiger partial charge < -0.3 is 9.88 Å². The first kappa shape index (κ1) is 17.7. The third kappa shape index (κ3) is 3.44. The Balaban J connectivity index is 1.46. The van der Waals surface area contributed by atoms with Crippen LogP contribution in [0.25, 0.3) is 10.9 Å². The number of aromatic nitrogens is 3. The van der Waals surface area contributed by atoms with Gasteiger partial charge in [0.05, 0.1) is 17.8 Å². The number of para-hydroxylation sites is 1. The Morgan fingerprint density at radius 1 is 1.10 bits per heavy atom. The van der Waals surface area contributed by atoms with Gasteiger partial charge in [0.15, 0.2) is 0 Å². The number of anilines is 1. The van der Waals surface area contributed by atoms with Crippen LogP contribution in [0, 0.1) is 5.92 Å². The van der Waals surface area contributed by atoms with Gasteiger partial charge in [0.2, 0.25) is 0 Å². The maximum atomic E-state index is 13.2. The highest BCUT2D eigenvalue weighted by Crippen LogP contribution is 2.40. The van der Waals surface area contributed by atoms with Gasteiger partial charge in [-0.15, -0.1) is 0 Å². The van der Waals surface area contributed by atoms with Gasteiger partial charge in [-0.25, -0.2) is 4.68 Å². The molecule has 5 heteroatoms. The standard InChI is InChI=1S/C24H24N4O/c1-17(19-11-12-19)28-23(13-14-25-28)26-24(29)21-16-27(15-18-7-3-2-4-8-18)22-10-6-5-9-20(21)22/h2-10,13-14,16-17,19H,11-12,15H2,1H3,(H,26,29). The van der Waals surface area contributed by atoms with Crippen molar-refractivity contribution >= 4 is 22.6 Å². The summed E-state index contributed by atoms with van der Waals surface area (Å²) in [5.74, 6) is 1.32. The summed E-state index contributed by atoms with van der Waals surface area (Å²) in [4.78, 5) is 13.2. The van der Waals surface area contributed by atoms with Crippen LogP contribution in [0.3, 0.4) is 0 Å². The molecule has 146 valence electrons. The van der Waals surface area contributed by atoms with Gasteiger partial charge in [-0.3, -0.25) is 4.79 Å². The highest BCUT2D eigenvalue weighted by Gasteiger charge is 2.31. The molecule has 4 aromatic rings. The van der Waals surface area contributed by atoms with Gasteiger partial charge in [0.25, 0.3) is 5.91 Å². The molecular formula is C24H24N4O. The van der Waals surface area contributed by atoms with Crippen LogP contribution in [-0.4, -0.2) is 20.3 Å². The number of carbonyl (C=O) groups is 1. The topological polar surface area (TPSA) is 51.9 Å². The second kappa shape index (κ2) is 7.24. The lowest BCUT2D eigenvalue weighted by Crippen LogP contribution is -2.18. The van der Waals surface area contributed by atoms with Crippen molar-refractivity contribution in [2.75, 3.05) is 5.32 Å². The molecule has 2 aromatic carbocycles. The van der Waals surface area contributed by atoms with Crippen molar-refractivity contribution in [3.63, 3.8) is 0 Å². The van der Waals surface area contributed by atoms with Crippen molar-refractivity contribution in [2.24, 2.45) is 5.92 Å². The van der Waals surface area contributed by atoms with Crippen LogP contribution < -0.4 is 5.32 Å². The van der Waals surface area contributed by atoms with Crippen molar-refractivity contribution in [1.82, 2.24) is 14.3 Å². The third-order valence-corrected chi connectivity index (χ3v) is 5.83. The van der Waals surface area contributed by atoms with Crippen molar-refractivity contribution in [3.8, 4) is 0 Å². The van der Waals surface area contributed by atoms with E-state index in [0.29, 0.717) is 17.5 Å². The second-order valence-electron chi connectivity index (χ2n) is 7.87. The summed E-state index contributed by atoms with van der Waals surface area (Å²) in [6, 6.07) is 20.5. The fourth-order valence-corrected chi connectivity index (χ4v) is 4.04. The number of rotatable bonds is 6. The van der Waals surface area contributed by atoms with Crippen LogP contribution in [0.4, 0.5) is 5.82 Å². The third-order valence-electron chi connectivity index (χ3n) is 5.83. The average Bonchev–Trinajstić information content (AvgIpc) is 3.40.